The Hall–Kier alpha value is -4.60. The number of aromatic amines is 2. The third-order valence-corrected chi connectivity index (χ3v) is 9.60. The number of benzene rings is 2. The van der Waals surface area contributed by atoms with Gasteiger partial charge in [0.25, 0.3) is 0 Å². The molecular formula is C39H48N6O4. The van der Waals surface area contributed by atoms with Crippen molar-refractivity contribution >= 4 is 12.2 Å². The molecule has 0 bridgehead atoms. The number of nitrogens with zero attached hydrogens (tertiary/aromatic N) is 4. The van der Waals surface area contributed by atoms with E-state index in [1.165, 1.54) is 16.7 Å². The molecular weight excluding hydrogens is 616 g/mol. The van der Waals surface area contributed by atoms with Crippen LogP contribution in [0.1, 0.15) is 113 Å². The number of likely N-dealkylation sites (tertiary alicyclic amines) is 2. The molecule has 10 heteroatoms. The van der Waals surface area contributed by atoms with Crippen molar-refractivity contribution in [3.63, 3.8) is 0 Å². The Morgan fingerprint density at radius 2 is 1.33 bits per heavy atom. The zero-order valence-electron chi connectivity index (χ0n) is 29.6. The topological polar surface area (TPSA) is 116 Å². The largest absolute Gasteiger partial charge is 0.444 e. The molecule has 49 heavy (non-hydrogen) atoms. The van der Waals surface area contributed by atoms with Gasteiger partial charge < -0.3 is 19.4 Å². The number of hydrogen-bond donors (Lipinski definition) is 2. The van der Waals surface area contributed by atoms with Gasteiger partial charge in [-0.2, -0.15) is 0 Å². The summed E-state index contributed by atoms with van der Waals surface area (Å²) in [6.07, 6.45) is 7.48. The third kappa shape index (κ3) is 7.09. The lowest BCUT2D eigenvalue weighted by atomic mass is 9.95. The number of carbonyl (C=O) groups excluding carboxylic acids is 2. The predicted molar refractivity (Wildman–Crippen MR) is 188 cm³/mol. The van der Waals surface area contributed by atoms with Crippen LogP contribution in [0, 0.1) is 0 Å². The fraction of sp³-hybridized carbons (Fsp3) is 0.487. The van der Waals surface area contributed by atoms with E-state index in [2.05, 4.69) is 57.4 Å². The van der Waals surface area contributed by atoms with Gasteiger partial charge in [0.2, 0.25) is 0 Å². The summed E-state index contributed by atoms with van der Waals surface area (Å²) in [6, 6.07) is 15.1. The van der Waals surface area contributed by atoms with Crippen LogP contribution >= 0.6 is 0 Å². The molecule has 0 spiro atoms. The maximum absolute atomic E-state index is 12.9. The Balaban J connectivity index is 1.03. The Kier molecular flexibility index (Phi) is 8.53. The number of amides is 2. The summed E-state index contributed by atoms with van der Waals surface area (Å²) in [6.45, 7) is 12.7. The molecule has 258 valence electrons. The van der Waals surface area contributed by atoms with Gasteiger partial charge >= 0.3 is 12.2 Å². The standard InChI is InChI=1S/C39H48N6O4/c1-38(2,3)48-36(46)44-19-7-9-32(44)34-40-23-31(43-34)25-13-11-24(12-14-25)26-15-16-28-22-30-29(18-17-27(28)21-26)41-35(42-30)33-10-8-20-45(33)37(47)49-39(4,5)6/h11-16,21,23,32-33H,7-10,17-20,22H2,1-6H3,(H,40,43)(H,41,42)/t32-,33-/m0/s1. The van der Waals surface area contributed by atoms with E-state index in [9.17, 15) is 9.59 Å². The molecule has 4 aromatic rings. The minimum absolute atomic E-state index is 0.0745. The van der Waals surface area contributed by atoms with E-state index in [-0.39, 0.29) is 24.3 Å². The molecule has 3 aliphatic rings. The van der Waals surface area contributed by atoms with Gasteiger partial charge in [-0.15, -0.1) is 0 Å². The van der Waals surface area contributed by atoms with E-state index in [1.54, 1.807) is 4.90 Å². The first-order valence-electron chi connectivity index (χ1n) is 17.7. The Labute approximate surface area is 288 Å². The second-order valence-electron chi connectivity index (χ2n) is 15.6. The van der Waals surface area contributed by atoms with Crippen LogP contribution in [0.15, 0.2) is 48.7 Å². The van der Waals surface area contributed by atoms with Crippen molar-refractivity contribution in [3.05, 3.63) is 82.8 Å². The van der Waals surface area contributed by atoms with Gasteiger partial charge in [-0.25, -0.2) is 19.6 Å². The molecule has 2 aromatic carbocycles. The van der Waals surface area contributed by atoms with E-state index in [4.69, 9.17) is 14.5 Å². The number of aryl methyl sites for hydroxylation is 2. The molecule has 2 N–H and O–H groups in total. The lowest BCUT2D eigenvalue weighted by molar-refractivity contribution is 0.0208. The number of H-pyrrole nitrogens is 2. The maximum atomic E-state index is 12.9. The van der Waals surface area contributed by atoms with Gasteiger partial charge in [0.1, 0.15) is 22.9 Å². The molecule has 2 atom stereocenters. The summed E-state index contributed by atoms with van der Waals surface area (Å²) in [5.74, 6) is 1.67. The number of ether oxygens (including phenoxy) is 2. The molecule has 0 unspecified atom stereocenters. The summed E-state index contributed by atoms with van der Waals surface area (Å²) in [5, 5.41) is 0. The fourth-order valence-corrected chi connectivity index (χ4v) is 7.31. The Bertz CT molecular complexity index is 1840. The normalized spacial score (nSPS) is 19.4. The van der Waals surface area contributed by atoms with Gasteiger partial charge in [-0.05, 0) is 108 Å². The zero-order valence-corrected chi connectivity index (χ0v) is 29.6. The molecule has 0 saturated carbocycles. The van der Waals surface area contributed by atoms with Crippen LogP contribution < -0.4 is 0 Å². The number of nitrogens with one attached hydrogen (secondary N) is 2. The number of aromatic nitrogens is 4. The van der Waals surface area contributed by atoms with E-state index < -0.39 is 11.2 Å². The number of rotatable bonds is 4. The third-order valence-electron chi connectivity index (χ3n) is 9.60. The second-order valence-corrected chi connectivity index (χ2v) is 15.6. The summed E-state index contributed by atoms with van der Waals surface area (Å²) in [7, 11) is 0. The van der Waals surface area contributed by atoms with Crippen molar-refractivity contribution < 1.29 is 19.1 Å². The highest BCUT2D eigenvalue weighted by molar-refractivity contribution is 5.71. The highest BCUT2D eigenvalue weighted by atomic mass is 16.6. The molecule has 2 aromatic heterocycles. The molecule has 4 heterocycles. The van der Waals surface area contributed by atoms with Crippen molar-refractivity contribution in [3.8, 4) is 22.4 Å². The van der Waals surface area contributed by atoms with Crippen molar-refractivity contribution in [1.82, 2.24) is 29.7 Å². The van der Waals surface area contributed by atoms with Crippen LogP contribution in [0.25, 0.3) is 22.4 Å². The first kappa shape index (κ1) is 32.9. The molecule has 2 amide bonds. The Morgan fingerprint density at radius 3 is 1.96 bits per heavy atom. The summed E-state index contributed by atoms with van der Waals surface area (Å²) < 4.78 is 11.3. The van der Waals surface area contributed by atoms with Gasteiger partial charge in [0.15, 0.2) is 0 Å². The predicted octanol–water partition coefficient (Wildman–Crippen LogP) is 8.30. The van der Waals surface area contributed by atoms with E-state index in [0.717, 1.165) is 84.8 Å². The van der Waals surface area contributed by atoms with E-state index in [1.807, 2.05) is 52.6 Å². The second kappa shape index (κ2) is 12.7. The first-order valence-corrected chi connectivity index (χ1v) is 17.7. The van der Waals surface area contributed by atoms with Gasteiger partial charge in [0, 0.05) is 25.2 Å². The van der Waals surface area contributed by atoms with E-state index in [0.29, 0.717) is 13.1 Å². The highest BCUT2D eigenvalue weighted by Crippen LogP contribution is 2.36. The molecule has 0 radical (unpaired) electrons. The molecule has 7 rings (SSSR count). The molecule has 2 fully saturated rings. The highest BCUT2D eigenvalue weighted by Gasteiger charge is 2.36. The number of hydrogen-bond acceptors (Lipinski definition) is 6. The lowest BCUT2D eigenvalue weighted by Crippen LogP contribution is -2.36. The van der Waals surface area contributed by atoms with E-state index >= 15 is 0 Å². The fourth-order valence-electron chi connectivity index (χ4n) is 7.31. The van der Waals surface area contributed by atoms with Crippen molar-refractivity contribution in [1.29, 1.82) is 0 Å². The average molecular weight is 665 g/mol. The van der Waals surface area contributed by atoms with Crippen molar-refractivity contribution in [2.75, 3.05) is 13.1 Å². The summed E-state index contributed by atoms with van der Waals surface area (Å²) in [4.78, 5) is 46.1. The van der Waals surface area contributed by atoms with Gasteiger partial charge in [-0.1, -0.05) is 42.5 Å². The zero-order chi connectivity index (χ0) is 34.5. The van der Waals surface area contributed by atoms with Crippen LogP contribution in [0.3, 0.4) is 0 Å². The molecule has 1 aliphatic carbocycles. The van der Waals surface area contributed by atoms with Crippen molar-refractivity contribution in [2.45, 2.75) is 110 Å². The average Bonchev–Trinajstić information content (AvgIpc) is 3.84. The number of fused-ring (bicyclic) bond motifs is 2. The smallest absolute Gasteiger partial charge is 0.410 e. The monoisotopic (exact) mass is 664 g/mol. The molecule has 10 nitrogen and oxygen atoms in total. The maximum Gasteiger partial charge on any atom is 0.410 e. The van der Waals surface area contributed by atoms with Gasteiger partial charge in [-0.3, -0.25) is 9.80 Å². The minimum Gasteiger partial charge on any atom is -0.444 e. The minimum atomic E-state index is -0.534. The first-order chi connectivity index (χ1) is 23.3. The molecule has 2 saturated heterocycles. The van der Waals surface area contributed by atoms with Crippen LogP contribution in [0.4, 0.5) is 9.59 Å². The van der Waals surface area contributed by atoms with Gasteiger partial charge in [0.05, 0.1) is 29.7 Å². The lowest BCUT2D eigenvalue weighted by Gasteiger charge is -2.27. The number of imidazole rings is 2. The van der Waals surface area contributed by atoms with Crippen LogP contribution in [0.5, 0.6) is 0 Å². The Morgan fingerprint density at radius 1 is 0.735 bits per heavy atom. The SMILES string of the molecule is CC(C)(C)OC(=O)N1CCC[C@H]1c1ncc(-c2ccc(-c3ccc4c(c3)CCc3nc([C@@H]5CCCN5C(=O)OC(C)(C)C)[nH]c3C4)cc2)[nH]1. The number of carbonyl (C=O) groups is 2. The summed E-state index contributed by atoms with van der Waals surface area (Å²) in [5.41, 5.74) is 8.16. The van der Waals surface area contributed by atoms with Crippen LogP contribution in [0.2, 0.25) is 0 Å². The molecule has 2 aliphatic heterocycles. The summed E-state index contributed by atoms with van der Waals surface area (Å²) >= 11 is 0. The van der Waals surface area contributed by atoms with Crippen LogP contribution in [-0.4, -0.2) is 66.2 Å². The quantitative estimate of drug-likeness (QED) is 0.227. The van der Waals surface area contributed by atoms with Crippen molar-refractivity contribution in [2.24, 2.45) is 0 Å². The van der Waals surface area contributed by atoms with Crippen LogP contribution in [-0.2, 0) is 28.7 Å².